The van der Waals surface area contributed by atoms with Crippen LogP contribution < -0.4 is 10.9 Å². The number of aryl methyl sites for hydroxylation is 3. The summed E-state index contributed by atoms with van der Waals surface area (Å²) >= 11 is 7.51. The van der Waals surface area contributed by atoms with Gasteiger partial charge in [0.2, 0.25) is 5.91 Å². The number of hydrogen-bond donors (Lipinski definition) is 2. The Labute approximate surface area is 165 Å². The Hall–Kier alpha value is -2.18. The van der Waals surface area contributed by atoms with E-state index in [-0.39, 0.29) is 23.9 Å². The summed E-state index contributed by atoms with van der Waals surface area (Å²) in [6, 6.07) is 7.31. The SMILES string of the molecule is CC(NC(=O)CCc1nc2sc3c(c2c(=O)[nH]1)CCC3)c1ccc(Cl)cc1. The molecule has 27 heavy (non-hydrogen) atoms. The van der Waals surface area contributed by atoms with Crippen molar-refractivity contribution < 1.29 is 4.79 Å². The summed E-state index contributed by atoms with van der Waals surface area (Å²) in [4.78, 5) is 34.3. The molecule has 1 aromatic carbocycles. The predicted molar refractivity (Wildman–Crippen MR) is 109 cm³/mol. The van der Waals surface area contributed by atoms with Crippen LogP contribution in [0.5, 0.6) is 0 Å². The first-order chi connectivity index (χ1) is 13.0. The summed E-state index contributed by atoms with van der Waals surface area (Å²) in [5.74, 6) is 0.496. The maximum absolute atomic E-state index is 12.5. The standard InChI is InChI=1S/C20H20ClN3O2S/c1-11(12-5-7-13(21)8-6-12)22-17(25)10-9-16-23-19(26)18-14-3-2-4-15(14)27-20(18)24-16/h5-8,11H,2-4,9-10H2,1H3,(H,22,25)(H,23,24,26). The van der Waals surface area contributed by atoms with Crippen molar-refractivity contribution in [3.63, 3.8) is 0 Å². The normalized spacial score (nSPS) is 14.3. The first-order valence-electron chi connectivity index (χ1n) is 9.09. The van der Waals surface area contributed by atoms with Crippen molar-refractivity contribution in [2.75, 3.05) is 0 Å². The lowest BCUT2D eigenvalue weighted by Crippen LogP contribution is -2.27. The van der Waals surface area contributed by atoms with Gasteiger partial charge in [-0.25, -0.2) is 4.98 Å². The molecule has 0 saturated heterocycles. The molecule has 1 unspecified atom stereocenters. The fourth-order valence-corrected chi connectivity index (χ4v) is 4.95. The Morgan fingerprint density at radius 2 is 2.11 bits per heavy atom. The average Bonchev–Trinajstić information content (AvgIpc) is 3.21. The Kier molecular flexibility index (Phi) is 5.02. The Morgan fingerprint density at radius 3 is 2.89 bits per heavy atom. The van der Waals surface area contributed by atoms with Gasteiger partial charge in [-0.15, -0.1) is 11.3 Å². The molecule has 7 heteroatoms. The molecule has 0 spiro atoms. The quantitative estimate of drug-likeness (QED) is 0.680. The van der Waals surface area contributed by atoms with E-state index in [2.05, 4.69) is 15.3 Å². The molecule has 140 valence electrons. The molecule has 2 heterocycles. The minimum Gasteiger partial charge on any atom is -0.350 e. The lowest BCUT2D eigenvalue weighted by Gasteiger charge is -2.14. The van der Waals surface area contributed by atoms with Crippen LogP contribution in [0.4, 0.5) is 0 Å². The molecule has 0 saturated carbocycles. The molecule has 4 rings (SSSR count). The van der Waals surface area contributed by atoms with Crippen LogP contribution in [0.25, 0.3) is 10.2 Å². The number of carbonyl (C=O) groups excluding carboxylic acids is 1. The van der Waals surface area contributed by atoms with Crippen LogP contribution in [0, 0.1) is 0 Å². The van der Waals surface area contributed by atoms with Crippen LogP contribution in [0.15, 0.2) is 29.1 Å². The van der Waals surface area contributed by atoms with Gasteiger partial charge >= 0.3 is 0 Å². The second-order valence-electron chi connectivity index (χ2n) is 6.89. The summed E-state index contributed by atoms with van der Waals surface area (Å²) in [6.07, 6.45) is 3.80. The first-order valence-corrected chi connectivity index (χ1v) is 10.3. The van der Waals surface area contributed by atoms with E-state index in [4.69, 9.17) is 11.6 Å². The van der Waals surface area contributed by atoms with Crippen molar-refractivity contribution >= 4 is 39.1 Å². The van der Waals surface area contributed by atoms with E-state index >= 15 is 0 Å². The lowest BCUT2D eigenvalue weighted by atomic mass is 10.1. The monoisotopic (exact) mass is 401 g/mol. The zero-order chi connectivity index (χ0) is 19.0. The molecule has 0 fully saturated rings. The van der Waals surface area contributed by atoms with Crippen molar-refractivity contribution in [1.82, 2.24) is 15.3 Å². The minimum absolute atomic E-state index is 0.0751. The molecular weight excluding hydrogens is 382 g/mol. The van der Waals surface area contributed by atoms with Crippen molar-refractivity contribution in [1.29, 1.82) is 0 Å². The number of nitrogens with zero attached hydrogens (tertiary/aromatic N) is 1. The lowest BCUT2D eigenvalue weighted by molar-refractivity contribution is -0.121. The number of halogens is 1. The highest BCUT2D eigenvalue weighted by molar-refractivity contribution is 7.18. The molecule has 2 N–H and O–H groups in total. The van der Waals surface area contributed by atoms with Gasteiger partial charge in [-0.1, -0.05) is 23.7 Å². The number of hydrogen-bond acceptors (Lipinski definition) is 4. The summed E-state index contributed by atoms with van der Waals surface area (Å²) in [7, 11) is 0. The van der Waals surface area contributed by atoms with Crippen molar-refractivity contribution in [3.05, 3.63) is 61.5 Å². The summed E-state index contributed by atoms with van der Waals surface area (Å²) < 4.78 is 0. The van der Waals surface area contributed by atoms with Gasteiger partial charge in [-0.3, -0.25) is 9.59 Å². The number of carbonyl (C=O) groups is 1. The first kappa shape index (κ1) is 18.2. The Balaban J connectivity index is 1.41. The van der Waals surface area contributed by atoms with Gasteiger partial charge in [-0.05, 0) is 49.4 Å². The van der Waals surface area contributed by atoms with E-state index in [0.717, 1.165) is 35.0 Å². The second kappa shape index (κ2) is 7.44. The number of rotatable bonds is 5. The molecule has 1 aliphatic carbocycles. The second-order valence-corrected chi connectivity index (χ2v) is 8.41. The Bertz CT molecular complexity index is 1060. The maximum atomic E-state index is 12.5. The number of aromatic nitrogens is 2. The van der Waals surface area contributed by atoms with Gasteiger partial charge in [0.05, 0.1) is 11.4 Å². The zero-order valence-electron chi connectivity index (χ0n) is 15.0. The van der Waals surface area contributed by atoms with Gasteiger partial charge in [0.25, 0.3) is 5.56 Å². The third kappa shape index (κ3) is 3.77. The minimum atomic E-state index is -0.107. The highest BCUT2D eigenvalue weighted by Gasteiger charge is 2.21. The number of nitrogens with one attached hydrogen (secondary N) is 2. The third-order valence-electron chi connectivity index (χ3n) is 4.96. The summed E-state index contributed by atoms with van der Waals surface area (Å²) in [5.41, 5.74) is 2.09. The molecule has 5 nitrogen and oxygen atoms in total. The number of aromatic amines is 1. The Morgan fingerprint density at radius 1 is 1.33 bits per heavy atom. The molecule has 3 aromatic rings. The van der Waals surface area contributed by atoms with Gasteiger partial charge in [0.15, 0.2) is 0 Å². The molecule has 0 aliphatic heterocycles. The van der Waals surface area contributed by atoms with E-state index in [1.54, 1.807) is 11.3 Å². The van der Waals surface area contributed by atoms with E-state index in [0.29, 0.717) is 17.3 Å². The number of fused-ring (bicyclic) bond motifs is 3. The molecule has 1 atom stereocenters. The highest BCUT2D eigenvalue weighted by Crippen LogP contribution is 2.34. The van der Waals surface area contributed by atoms with E-state index in [1.165, 1.54) is 10.4 Å². The smallest absolute Gasteiger partial charge is 0.259 e. The third-order valence-corrected chi connectivity index (χ3v) is 6.40. The number of H-pyrrole nitrogens is 1. The van der Waals surface area contributed by atoms with Gasteiger partial charge in [0, 0.05) is 22.7 Å². The number of thiophene rings is 1. The van der Waals surface area contributed by atoms with Crippen LogP contribution in [0.3, 0.4) is 0 Å². The van der Waals surface area contributed by atoms with E-state index in [1.807, 2.05) is 31.2 Å². The van der Waals surface area contributed by atoms with Crippen LogP contribution in [0.2, 0.25) is 5.02 Å². The van der Waals surface area contributed by atoms with E-state index in [9.17, 15) is 9.59 Å². The molecule has 2 aromatic heterocycles. The van der Waals surface area contributed by atoms with Crippen molar-refractivity contribution in [2.24, 2.45) is 0 Å². The number of benzene rings is 1. The van der Waals surface area contributed by atoms with Crippen LogP contribution in [-0.4, -0.2) is 15.9 Å². The van der Waals surface area contributed by atoms with Crippen molar-refractivity contribution in [3.8, 4) is 0 Å². The van der Waals surface area contributed by atoms with Gasteiger partial charge < -0.3 is 10.3 Å². The van der Waals surface area contributed by atoms with Crippen LogP contribution >= 0.6 is 22.9 Å². The maximum Gasteiger partial charge on any atom is 0.259 e. The van der Waals surface area contributed by atoms with Crippen molar-refractivity contribution in [2.45, 2.75) is 45.1 Å². The summed E-state index contributed by atoms with van der Waals surface area (Å²) in [6.45, 7) is 1.93. The largest absolute Gasteiger partial charge is 0.350 e. The van der Waals surface area contributed by atoms with E-state index < -0.39 is 0 Å². The predicted octanol–water partition coefficient (Wildman–Crippen LogP) is 3.94. The van der Waals surface area contributed by atoms with Crippen LogP contribution in [0.1, 0.15) is 47.6 Å². The van der Waals surface area contributed by atoms with Gasteiger partial charge in [-0.2, -0.15) is 0 Å². The highest BCUT2D eigenvalue weighted by atomic mass is 35.5. The topological polar surface area (TPSA) is 74.8 Å². The average molecular weight is 402 g/mol. The molecule has 1 aliphatic rings. The van der Waals surface area contributed by atoms with Gasteiger partial charge in [0.1, 0.15) is 10.7 Å². The zero-order valence-corrected chi connectivity index (χ0v) is 16.5. The number of amides is 1. The molecule has 0 radical (unpaired) electrons. The van der Waals surface area contributed by atoms with Crippen LogP contribution in [-0.2, 0) is 24.1 Å². The fourth-order valence-electron chi connectivity index (χ4n) is 3.55. The molecule has 0 bridgehead atoms. The fraction of sp³-hybridized carbons (Fsp3) is 0.350. The molecular formula is C20H20ClN3O2S. The molecule has 1 amide bonds. The summed E-state index contributed by atoms with van der Waals surface area (Å²) in [5, 5.41) is 4.39.